The van der Waals surface area contributed by atoms with Gasteiger partial charge in [0.05, 0.1) is 11.0 Å². The molecule has 0 unspecified atom stereocenters. The average molecular weight is 282 g/mol. The van der Waals surface area contributed by atoms with Crippen molar-refractivity contribution < 1.29 is 9.47 Å². The molecule has 108 valence electrons. The first-order chi connectivity index (χ1) is 10.3. The highest BCUT2D eigenvalue weighted by Crippen LogP contribution is 2.24. The fraction of sp³-hybridized carbons (Fsp3) is 0.235. The van der Waals surface area contributed by atoms with Crippen molar-refractivity contribution in [3.8, 4) is 0 Å². The van der Waals surface area contributed by atoms with Crippen LogP contribution in [0, 0.1) is 0 Å². The van der Waals surface area contributed by atoms with E-state index in [9.17, 15) is 0 Å². The maximum atomic E-state index is 5.39. The summed E-state index contributed by atoms with van der Waals surface area (Å²) in [5.74, 6) is 0.782. The van der Waals surface area contributed by atoms with Gasteiger partial charge in [0.1, 0.15) is 0 Å². The molecule has 0 fully saturated rings. The van der Waals surface area contributed by atoms with Crippen LogP contribution in [-0.4, -0.2) is 23.8 Å². The summed E-state index contributed by atoms with van der Waals surface area (Å²) in [4.78, 5) is 4.66. The summed E-state index contributed by atoms with van der Waals surface area (Å²) in [6, 6.07) is 18.4. The van der Waals surface area contributed by atoms with E-state index in [1.165, 1.54) is 5.56 Å². The Kier molecular flexibility index (Phi) is 3.99. The lowest BCUT2D eigenvalue weighted by atomic mass is 10.2. The Balaban J connectivity index is 2.11. The molecule has 3 aromatic rings. The minimum absolute atomic E-state index is 0.471. The Morgan fingerprint density at radius 1 is 0.952 bits per heavy atom. The van der Waals surface area contributed by atoms with Crippen molar-refractivity contribution in [3.63, 3.8) is 0 Å². The minimum atomic E-state index is -0.471. The molecular weight excluding hydrogens is 264 g/mol. The highest BCUT2D eigenvalue weighted by Gasteiger charge is 2.19. The van der Waals surface area contributed by atoms with Crippen molar-refractivity contribution in [1.29, 1.82) is 0 Å². The van der Waals surface area contributed by atoms with Crippen molar-refractivity contribution in [2.45, 2.75) is 12.8 Å². The third-order valence-electron chi connectivity index (χ3n) is 3.51. The van der Waals surface area contributed by atoms with Crippen molar-refractivity contribution in [1.82, 2.24) is 9.55 Å². The van der Waals surface area contributed by atoms with Crippen LogP contribution in [0.4, 0.5) is 0 Å². The molecule has 4 heteroatoms. The van der Waals surface area contributed by atoms with E-state index in [1.54, 1.807) is 14.2 Å². The van der Waals surface area contributed by atoms with Crippen LogP contribution in [0.1, 0.15) is 17.7 Å². The number of ether oxygens (including phenoxy) is 2. The van der Waals surface area contributed by atoms with Crippen LogP contribution in [-0.2, 0) is 16.0 Å². The molecule has 0 aliphatic carbocycles. The normalized spacial score (nSPS) is 11.4. The Morgan fingerprint density at radius 3 is 2.33 bits per heavy atom. The largest absolute Gasteiger partial charge is 0.349 e. The smallest absolute Gasteiger partial charge is 0.216 e. The first kappa shape index (κ1) is 13.8. The molecule has 0 saturated heterocycles. The second kappa shape index (κ2) is 6.08. The predicted molar refractivity (Wildman–Crippen MR) is 82.0 cm³/mol. The van der Waals surface area contributed by atoms with Gasteiger partial charge in [-0.3, -0.25) is 0 Å². The van der Waals surface area contributed by atoms with Crippen molar-refractivity contribution in [3.05, 3.63) is 66.0 Å². The van der Waals surface area contributed by atoms with Gasteiger partial charge in [0.25, 0.3) is 0 Å². The fourth-order valence-electron chi connectivity index (χ4n) is 2.51. The van der Waals surface area contributed by atoms with E-state index in [0.29, 0.717) is 0 Å². The van der Waals surface area contributed by atoms with Crippen LogP contribution in [0.25, 0.3) is 11.0 Å². The van der Waals surface area contributed by atoms with Gasteiger partial charge in [-0.15, -0.1) is 0 Å². The monoisotopic (exact) mass is 282 g/mol. The Morgan fingerprint density at radius 2 is 1.62 bits per heavy atom. The molecule has 1 aromatic heterocycles. The molecule has 2 aromatic carbocycles. The summed E-state index contributed by atoms with van der Waals surface area (Å²) in [5.41, 5.74) is 3.24. The molecule has 0 saturated carbocycles. The first-order valence-corrected chi connectivity index (χ1v) is 6.88. The number of benzene rings is 2. The van der Waals surface area contributed by atoms with Gasteiger partial charge < -0.3 is 14.0 Å². The zero-order chi connectivity index (χ0) is 14.7. The molecule has 0 spiro atoms. The van der Waals surface area contributed by atoms with Crippen molar-refractivity contribution in [2.24, 2.45) is 0 Å². The van der Waals surface area contributed by atoms with Crippen LogP contribution < -0.4 is 0 Å². The number of imidazole rings is 1. The Hall–Kier alpha value is -2.17. The molecular formula is C17H18N2O2. The second-order valence-electron chi connectivity index (χ2n) is 4.83. The van der Waals surface area contributed by atoms with Crippen molar-refractivity contribution in [2.75, 3.05) is 14.2 Å². The van der Waals surface area contributed by atoms with E-state index in [-0.39, 0.29) is 0 Å². The van der Waals surface area contributed by atoms with E-state index in [2.05, 4.69) is 27.8 Å². The molecule has 0 bridgehead atoms. The quantitative estimate of drug-likeness (QED) is 0.673. The van der Waals surface area contributed by atoms with E-state index in [1.807, 2.05) is 36.4 Å². The number of aromatic nitrogens is 2. The highest BCUT2D eigenvalue weighted by atomic mass is 16.7. The number of methoxy groups -OCH3 is 2. The summed E-state index contributed by atoms with van der Waals surface area (Å²) in [5, 5.41) is 0. The first-order valence-electron chi connectivity index (χ1n) is 6.88. The van der Waals surface area contributed by atoms with Gasteiger partial charge in [-0.25, -0.2) is 4.98 Å². The van der Waals surface area contributed by atoms with Gasteiger partial charge in [-0.2, -0.15) is 0 Å². The topological polar surface area (TPSA) is 36.3 Å². The second-order valence-corrected chi connectivity index (χ2v) is 4.83. The van der Waals surface area contributed by atoms with E-state index < -0.39 is 6.29 Å². The number of fused-ring (bicyclic) bond motifs is 1. The standard InChI is InChI=1S/C17H18N2O2/c1-20-17(21-2)16-18-14-10-6-7-11-15(14)19(16)12-13-8-4-3-5-9-13/h3-11,17H,12H2,1-2H3. The van der Waals surface area contributed by atoms with Gasteiger partial charge in [0.15, 0.2) is 5.82 Å². The van der Waals surface area contributed by atoms with Crippen LogP contribution in [0.2, 0.25) is 0 Å². The molecule has 0 amide bonds. The summed E-state index contributed by atoms with van der Waals surface area (Å²) < 4.78 is 12.9. The summed E-state index contributed by atoms with van der Waals surface area (Å²) >= 11 is 0. The van der Waals surface area contributed by atoms with Crippen LogP contribution in [0.5, 0.6) is 0 Å². The molecule has 1 heterocycles. The summed E-state index contributed by atoms with van der Waals surface area (Å²) in [6.07, 6.45) is -0.471. The van der Waals surface area contributed by atoms with Crippen LogP contribution in [0.3, 0.4) is 0 Å². The fourth-order valence-corrected chi connectivity index (χ4v) is 2.51. The molecule has 0 N–H and O–H groups in total. The maximum absolute atomic E-state index is 5.39. The number of para-hydroxylation sites is 2. The maximum Gasteiger partial charge on any atom is 0.216 e. The third-order valence-corrected chi connectivity index (χ3v) is 3.51. The van der Waals surface area contributed by atoms with Gasteiger partial charge in [0, 0.05) is 20.8 Å². The zero-order valence-electron chi connectivity index (χ0n) is 12.2. The van der Waals surface area contributed by atoms with Gasteiger partial charge in [-0.1, -0.05) is 42.5 Å². The van der Waals surface area contributed by atoms with Gasteiger partial charge in [0.2, 0.25) is 6.29 Å². The van der Waals surface area contributed by atoms with Gasteiger partial charge in [-0.05, 0) is 17.7 Å². The lowest BCUT2D eigenvalue weighted by molar-refractivity contribution is -0.112. The molecule has 0 aliphatic rings. The van der Waals surface area contributed by atoms with Crippen LogP contribution >= 0.6 is 0 Å². The minimum Gasteiger partial charge on any atom is -0.349 e. The van der Waals surface area contributed by atoms with Crippen molar-refractivity contribution >= 4 is 11.0 Å². The molecule has 4 nitrogen and oxygen atoms in total. The molecule has 0 aliphatic heterocycles. The zero-order valence-corrected chi connectivity index (χ0v) is 12.2. The summed E-state index contributed by atoms with van der Waals surface area (Å²) in [6.45, 7) is 0.736. The number of rotatable bonds is 5. The molecule has 21 heavy (non-hydrogen) atoms. The number of hydrogen-bond acceptors (Lipinski definition) is 3. The number of hydrogen-bond donors (Lipinski definition) is 0. The summed E-state index contributed by atoms with van der Waals surface area (Å²) in [7, 11) is 3.25. The molecule has 0 atom stereocenters. The Bertz CT molecular complexity index is 718. The van der Waals surface area contributed by atoms with Crippen LogP contribution in [0.15, 0.2) is 54.6 Å². The lowest BCUT2D eigenvalue weighted by Crippen LogP contribution is -2.13. The predicted octanol–water partition coefficient (Wildman–Crippen LogP) is 3.38. The third kappa shape index (κ3) is 2.68. The van der Waals surface area contributed by atoms with E-state index in [0.717, 1.165) is 23.4 Å². The SMILES string of the molecule is COC(OC)c1nc2ccccc2n1Cc1ccccc1. The van der Waals surface area contributed by atoms with E-state index in [4.69, 9.17) is 9.47 Å². The molecule has 0 radical (unpaired) electrons. The van der Waals surface area contributed by atoms with Gasteiger partial charge >= 0.3 is 0 Å². The molecule has 3 rings (SSSR count). The van der Waals surface area contributed by atoms with E-state index >= 15 is 0 Å². The average Bonchev–Trinajstić information content (AvgIpc) is 2.89. The Labute approximate surface area is 123 Å². The number of nitrogens with zero attached hydrogens (tertiary/aromatic N) is 2. The lowest BCUT2D eigenvalue weighted by Gasteiger charge is -2.15. The highest BCUT2D eigenvalue weighted by molar-refractivity contribution is 5.76.